The zero-order chi connectivity index (χ0) is 42.1. The summed E-state index contributed by atoms with van der Waals surface area (Å²) in [6, 6.07) is 13.3. The van der Waals surface area contributed by atoms with Crippen LogP contribution < -0.4 is 26.2 Å². The Morgan fingerprint density at radius 2 is 1.80 bits per heavy atom. The summed E-state index contributed by atoms with van der Waals surface area (Å²) in [6.07, 6.45) is 5.81. The fraction of sp³-hybridized carbons (Fsp3) is 0.333. The van der Waals surface area contributed by atoms with Gasteiger partial charge < -0.3 is 20.7 Å². The molecule has 6 rings (SSSR count). The number of nitrogens with zero attached hydrogens (tertiary/aromatic N) is 4. The minimum absolute atomic E-state index is 0.0390. The Morgan fingerprint density at radius 1 is 1.03 bits per heavy atom. The maximum Gasteiger partial charge on any atom is 0.262 e. The van der Waals surface area contributed by atoms with Crippen molar-refractivity contribution in [2.75, 3.05) is 48.1 Å². The Morgan fingerprint density at radius 3 is 2.53 bits per heavy atom. The van der Waals surface area contributed by atoms with Crippen LogP contribution in [0.1, 0.15) is 59.2 Å². The Hall–Kier alpha value is -6.25. The number of piperidine rings is 1. The van der Waals surface area contributed by atoms with Crippen molar-refractivity contribution in [3.05, 3.63) is 83.5 Å². The summed E-state index contributed by atoms with van der Waals surface area (Å²) >= 11 is 1.20. The predicted octanol–water partition coefficient (Wildman–Crippen LogP) is 2.60. The van der Waals surface area contributed by atoms with Gasteiger partial charge in [-0.2, -0.15) is 0 Å². The number of imide groups is 2. The van der Waals surface area contributed by atoms with Crippen LogP contribution in [0.4, 0.5) is 16.5 Å². The lowest BCUT2D eigenvalue weighted by Gasteiger charge is -2.27. The van der Waals surface area contributed by atoms with Crippen LogP contribution >= 0.6 is 11.3 Å². The topological polar surface area (TPSA) is 235 Å². The molecule has 0 spiro atoms. The van der Waals surface area contributed by atoms with Crippen LogP contribution in [0.15, 0.2) is 72.4 Å². The van der Waals surface area contributed by atoms with Gasteiger partial charge in [0.15, 0.2) is 5.13 Å². The number of fused-ring (bicyclic) bond motifs is 1. The van der Waals surface area contributed by atoms with Gasteiger partial charge in [0.25, 0.3) is 17.7 Å². The molecule has 310 valence electrons. The maximum atomic E-state index is 13.6. The SMILES string of the molecule is CS(=O)(=O)n1ccc(N(C=O)[C@@H](COCCCC(=O)NCCCCNc2ccc3c(c2)C(=O)N(C2CCC(=O)NC2=O)C3=O)C(=O)Nc2nc(-c3ccccc3)cs2)c1. The highest BCUT2D eigenvalue weighted by molar-refractivity contribution is 7.89. The van der Waals surface area contributed by atoms with Gasteiger partial charge in [-0.25, -0.2) is 13.4 Å². The van der Waals surface area contributed by atoms with Crippen LogP contribution in [0.5, 0.6) is 0 Å². The maximum absolute atomic E-state index is 13.6. The Labute approximate surface area is 343 Å². The molecule has 0 bridgehead atoms. The molecule has 2 aliphatic heterocycles. The second kappa shape index (κ2) is 19.0. The van der Waals surface area contributed by atoms with E-state index in [1.54, 1.807) is 17.5 Å². The Kier molecular flexibility index (Phi) is 13.6. The molecular weight excluding hydrogens is 805 g/mol. The smallest absolute Gasteiger partial charge is 0.262 e. The molecule has 4 heterocycles. The number of anilines is 3. The molecule has 0 radical (unpaired) electrons. The summed E-state index contributed by atoms with van der Waals surface area (Å²) < 4.78 is 30.9. The van der Waals surface area contributed by atoms with Crippen molar-refractivity contribution < 1.29 is 46.7 Å². The van der Waals surface area contributed by atoms with Crippen LogP contribution in [0.25, 0.3) is 11.3 Å². The number of hydrogen-bond acceptors (Lipinski definition) is 13. The summed E-state index contributed by atoms with van der Waals surface area (Å²) in [5.74, 6) is -3.08. The van der Waals surface area contributed by atoms with E-state index in [0.29, 0.717) is 55.3 Å². The van der Waals surface area contributed by atoms with Crippen molar-refractivity contribution in [1.29, 1.82) is 0 Å². The van der Waals surface area contributed by atoms with Crippen molar-refractivity contribution in [1.82, 2.24) is 24.5 Å². The lowest BCUT2D eigenvalue weighted by molar-refractivity contribution is -0.136. The summed E-state index contributed by atoms with van der Waals surface area (Å²) in [4.78, 5) is 94.7. The monoisotopic (exact) mass is 846 g/mol. The highest BCUT2D eigenvalue weighted by Gasteiger charge is 2.44. The molecule has 4 aromatic rings. The van der Waals surface area contributed by atoms with E-state index in [1.165, 1.54) is 35.9 Å². The molecule has 20 heteroatoms. The van der Waals surface area contributed by atoms with Gasteiger partial charge in [0.2, 0.25) is 34.2 Å². The third-order valence-corrected chi connectivity index (χ3v) is 11.3. The summed E-state index contributed by atoms with van der Waals surface area (Å²) in [5, 5.41) is 13.0. The number of hydrogen-bond donors (Lipinski definition) is 4. The summed E-state index contributed by atoms with van der Waals surface area (Å²) in [6.45, 7) is 0.760. The molecule has 2 aromatic heterocycles. The van der Waals surface area contributed by atoms with Gasteiger partial charge in [0, 0.05) is 61.6 Å². The number of unbranched alkanes of at least 4 members (excludes halogenated alkanes) is 1. The van der Waals surface area contributed by atoms with E-state index in [9.17, 15) is 42.0 Å². The average molecular weight is 847 g/mol. The van der Waals surface area contributed by atoms with Gasteiger partial charge in [-0.3, -0.25) is 52.7 Å². The Bertz CT molecular complexity index is 2350. The van der Waals surface area contributed by atoms with Gasteiger partial charge in [0.05, 0.1) is 35.4 Å². The van der Waals surface area contributed by atoms with Crippen molar-refractivity contribution in [3.63, 3.8) is 0 Å². The molecule has 2 aromatic carbocycles. The number of carbonyl (C=O) groups is 7. The molecule has 2 aliphatic rings. The quantitative estimate of drug-likeness (QED) is 0.0571. The number of thiazole rings is 1. The van der Waals surface area contributed by atoms with Crippen molar-refractivity contribution in [2.24, 2.45) is 0 Å². The zero-order valence-electron chi connectivity index (χ0n) is 31.9. The second-order valence-corrected chi connectivity index (χ2v) is 16.5. The van der Waals surface area contributed by atoms with Crippen LogP contribution in [-0.4, -0.2) is 109 Å². The molecule has 0 saturated carbocycles. The second-order valence-electron chi connectivity index (χ2n) is 13.8. The fourth-order valence-corrected chi connectivity index (χ4v) is 7.80. The lowest BCUT2D eigenvalue weighted by Crippen LogP contribution is -2.54. The third-order valence-electron chi connectivity index (χ3n) is 9.55. The van der Waals surface area contributed by atoms with E-state index in [0.717, 1.165) is 25.6 Å². The number of ether oxygens (including phenoxy) is 1. The summed E-state index contributed by atoms with van der Waals surface area (Å²) in [7, 11) is -3.65. The normalized spacial score (nSPS) is 15.7. The van der Waals surface area contributed by atoms with Crippen LogP contribution in [0.2, 0.25) is 0 Å². The number of rotatable bonds is 20. The largest absolute Gasteiger partial charge is 0.385 e. The van der Waals surface area contributed by atoms with Gasteiger partial charge in [-0.15, -0.1) is 11.3 Å². The third kappa shape index (κ3) is 10.4. The molecule has 2 atom stereocenters. The average Bonchev–Trinajstić information content (AvgIpc) is 3.95. The predicted molar refractivity (Wildman–Crippen MR) is 217 cm³/mol. The van der Waals surface area contributed by atoms with E-state index in [4.69, 9.17) is 4.74 Å². The highest BCUT2D eigenvalue weighted by Crippen LogP contribution is 2.30. The lowest BCUT2D eigenvalue weighted by atomic mass is 10.0. The van der Waals surface area contributed by atoms with Crippen molar-refractivity contribution >= 4 is 79.7 Å². The fourth-order valence-electron chi connectivity index (χ4n) is 6.49. The van der Waals surface area contributed by atoms with Gasteiger partial charge in [0.1, 0.15) is 12.1 Å². The number of carbonyl (C=O) groups excluding carboxylic acids is 7. The van der Waals surface area contributed by atoms with E-state index in [2.05, 4.69) is 26.3 Å². The van der Waals surface area contributed by atoms with Crippen molar-refractivity contribution in [2.45, 2.75) is 50.6 Å². The van der Waals surface area contributed by atoms with E-state index in [-0.39, 0.29) is 55.2 Å². The standard InChI is InChI=1S/C39H42N8O10S2/c1-59(55,56)45-18-15-27(21-45)46(24-48)32(36(52)44-39-42-30(23-58-39)25-8-3-2-4-9-25)22-57-19-7-10-33(49)41-17-6-5-16-40-26-11-12-28-29(20-26)38(54)47(37(28)53)31-13-14-34(50)43-35(31)51/h2-4,8-9,11-12,15,18,20-21,23-24,31-32,40H,5-7,10,13-14,16-17,19,22H2,1H3,(H,41,49)(H,42,44,52)(H,43,50,51)/t31?,32-/m0/s1. The highest BCUT2D eigenvalue weighted by atomic mass is 32.2. The number of amides is 7. The van der Waals surface area contributed by atoms with Gasteiger partial charge in [-0.1, -0.05) is 30.3 Å². The molecule has 0 aliphatic carbocycles. The molecule has 18 nitrogen and oxygen atoms in total. The van der Waals surface area contributed by atoms with Crippen LogP contribution in [-0.2, 0) is 38.7 Å². The van der Waals surface area contributed by atoms with E-state index < -0.39 is 51.6 Å². The molecule has 1 saturated heterocycles. The molecule has 7 amide bonds. The molecular formula is C39H42N8O10S2. The first kappa shape index (κ1) is 42.4. The Balaban J connectivity index is 0.927. The zero-order valence-corrected chi connectivity index (χ0v) is 33.6. The first-order chi connectivity index (χ1) is 28.3. The first-order valence-electron chi connectivity index (χ1n) is 18.7. The van der Waals surface area contributed by atoms with Crippen molar-refractivity contribution in [3.8, 4) is 11.3 Å². The molecule has 1 fully saturated rings. The van der Waals surface area contributed by atoms with E-state index >= 15 is 0 Å². The molecule has 59 heavy (non-hydrogen) atoms. The van der Waals surface area contributed by atoms with Gasteiger partial charge >= 0.3 is 0 Å². The number of nitrogens with one attached hydrogen (secondary N) is 4. The molecule has 4 N–H and O–H groups in total. The van der Waals surface area contributed by atoms with Crippen LogP contribution in [0, 0.1) is 0 Å². The first-order valence-corrected chi connectivity index (χ1v) is 21.4. The number of benzene rings is 2. The summed E-state index contributed by atoms with van der Waals surface area (Å²) in [5.41, 5.74) is 2.66. The van der Waals surface area contributed by atoms with E-state index in [1.807, 2.05) is 30.3 Å². The minimum Gasteiger partial charge on any atom is -0.385 e. The van der Waals surface area contributed by atoms with Gasteiger partial charge in [-0.05, 0) is 49.9 Å². The minimum atomic E-state index is -3.65. The van der Waals surface area contributed by atoms with Crippen LogP contribution in [0.3, 0.4) is 0 Å². The number of aromatic nitrogens is 2. The molecule has 1 unspecified atom stereocenters.